The maximum Gasteiger partial charge on any atom is 0.311 e. The summed E-state index contributed by atoms with van der Waals surface area (Å²) in [6.07, 6.45) is 6.02. The van der Waals surface area contributed by atoms with Gasteiger partial charge in [-0.25, -0.2) is 0 Å². The minimum absolute atomic E-state index is 0.0480. The summed E-state index contributed by atoms with van der Waals surface area (Å²) in [5.74, 6) is 0.0862. The summed E-state index contributed by atoms with van der Waals surface area (Å²) < 4.78 is 5.82. The molecule has 1 aromatic rings. The molecule has 0 amide bonds. The first-order chi connectivity index (χ1) is 15.4. The predicted octanol–water partition coefficient (Wildman–Crippen LogP) is 3.87. The van der Waals surface area contributed by atoms with E-state index in [1.807, 2.05) is 30.3 Å². The van der Waals surface area contributed by atoms with Gasteiger partial charge in [-0.3, -0.25) is 9.59 Å². The van der Waals surface area contributed by atoms with Gasteiger partial charge in [0.1, 0.15) is 6.10 Å². The van der Waals surface area contributed by atoms with E-state index in [4.69, 9.17) is 4.74 Å². The van der Waals surface area contributed by atoms with Crippen LogP contribution in [0.25, 0.3) is 0 Å². The summed E-state index contributed by atoms with van der Waals surface area (Å²) in [5, 5.41) is 11.5. The van der Waals surface area contributed by atoms with Gasteiger partial charge >= 0.3 is 5.97 Å². The lowest BCUT2D eigenvalue weighted by atomic mass is 9.55. The summed E-state index contributed by atoms with van der Waals surface area (Å²) in [6.45, 7) is 6.65. The molecule has 0 spiro atoms. The zero-order valence-corrected chi connectivity index (χ0v) is 19.2. The van der Waals surface area contributed by atoms with Crippen LogP contribution in [-0.4, -0.2) is 53.6 Å². The molecule has 0 aromatic heterocycles. The van der Waals surface area contributed by atoms with Crippen LogP contribution < -0.4 is 0 Å². The number of likely N-dealkylation sites (tertiary alicyclic amines) is 1. The molecule has 1 N–H and O–H groups in total. The fraction of sp³-hybridized carbons (Fsp3) is 0.630. The van der Waals surface area contributed by atoms with E-state index in [0.717, 1.165) is 50.8 Å². The summed E-state index contributed by atoms with van der Waals surface area (Å²) in [5.41, 5.74) is 1.80. The van der Waals surface area contributed by atoms with Gasteiger partial charge in [-0.05, 0) is 44.7 Å². The maximum absolute atomic E-state index is 12.9. The van der Waals surface area contributed by atoms with E-state index in [-0.39, 0.29) is 41.0 Å². The number of hydrogen-bond acceptors (Lipinski definition) is 5. The number of fused-ring (bicyclic) bond motifs is 2. The van der Waals surface area contributed by atoms with Crippen molar-refractivity contribution < 1.29 is 19.4 Å². The molecule has 32 heavy (non-hydrogen) atoms. The second-order valence-electron chi connectivity index (χ2n) is 10.6. The third-order valence-electron chi connectivity index (χ3n) is 9.04. The summed E-state index contributed by atoms with van der Waals surface area (Å²) in [7, 11) is 0. The van der Waals surface area contributed by atoms with Gasteiger partial charge in [-0.15, -0.1) is 0 Å². The quantitative estimate of drug-likeness (QED) is 0.440. The Morgan fingerprint density at radius 2 is 1.91 bits per heavy atom. The summed E-state index contributed by atoms with van der Waals surface area (Å²) >= 11 is 0. The van der Waals surface area contributed by atoms with Gasteiger partial charge in [-0.1, -0.05) is 55.8 Å². The van der Waals surface area contributed by atoms with E-state index in [1.165, 1.54) is 5.57 Å². The van der Waals surface area contributed by atoms with Crippen molar-refractivity contribution in [1.82, 2.24) is 4.90 Å². The third kappa shape index (κ3) is 3.54. The second kappa shape index (κ2) is 8.42. The molecule has 5 nitrogen and oxygen atoms in total. The van der Waals surface area contributed by atoms with Crippen LogP contribution in [0.5, 0.6) is 0 Å². The molecule has 0 radical (unpaired) electrons. The zero-order valence-electron chi connectivity index (χ0n) is 19.2. The highest BCUT2D eigenvalue weighted by atomic mass is 16.6. The molecule has 2 aliphatic heterocycles. The highest BCUT2D eigenvalue weighted by Crippen LogP contribution is 2.56. The van der Waals surface area contributed by atoms with Gasteiger partial charge in [0.2, 0.25) is 0 Å². The van der Waals surface area contributed by atoms with Gasteiger partial charge in [0.05, 0.1) is 12.0 Å². The minimum atomic E-state index is -0.559. The van der Waals surface area contributed by atoms with Crippen LogP contribution in [0, 0.1) is 29.1 Å². The fourth-order valence-corrected chi connectivity index (χ4v) is 6.77. The highest BCUT2D eigenvalue weighted by Gasteiger charge is 2.59. The molecular weight excluding hydrogens is 402 g/mol. The maximum atomic E-state index is 12.9. The van der Waals surface area contributed by atoms with Crippen LogP contribution in [0.4, 0.5) is 0 Å². The van der Waals surface area contributed by atoms with E-state index in [1.54, 1.807) is 0 Å². The van der Waals surface area contributed by atoms with E-state index in [9.17, 15) is 14.7 Å². The number of carbonyl (C=O) groups excluding carboxylic acids is 2. The van der Waals surface area contributed by atoms with Crippen LogP contribution in [0.2, 0.25) is 0 Å². The Hall–Kier alpha value is -1.98. The van der Waals surface area contributed by atoms with Crippen molar-refractivity contribution in [1.29, 1.82) is 0 Å². The number of hydrogen-bond donors (Lipinski definition) is 1. The number of carbonyl (C=O) groups is 2. The largest absolute Gasteiger partial charge is 0.461 e. The Morgan fingerprint density at radius 3 is 2.62 bits per heavy atom. The van der Waals surface area contributed by atoms with E-state index in [2.05, 4.69) is 24.8 Å². The Balaban J connectivity index is 1.25. The number of aliphatic hydroxyl groups is 1. The van der Waals surface area contributed by atoms with Crippen molar-refractivity contribution in [3.8, 4) is 0 Å². The van der Waals surface area contributed by atoms with Crippen molar-refractivity contribution >= 4 is 11.8 Å². The van der Waals surface area contributed by atoms with Crippen molar-refractivity contribution in [3.63, 3.8) is 0 Å². The molecule has 1 aromatic carbocycles. The second-order valence-corrected chi connectivity index (χ2v) is 10.6. The fourth-order valence-electron chi connectivity index (χ4n) is 6.77. The number of Topliss-reactive ketones (excluding diaryl/α,β-unsaturated/α-hetero) is 1. The van der Waals surface area contributed by atoms with Gasteiger partial charge in [0, 0.05) is 35.8 Å². The average molecular weight is 438 g/mol. The minimum Gasteiger partial charge on any atom is -0.461 e. The molecule has 1 saturated carbocycles. The Morgan fingerprint density at radius 1 is 1.19 bits per heavy atom. The molecule has 3 fully saturated rings. The first-order valence-corrected chi connectivity index (χ1v) is 12.3. The number of allylic oxidation sites excluding steroid dienone is 1. The lowest BCUT2D eigenvalue weighted by Crippen LogP contribution is -2.55. The summed E-state index contributed by atoms with van der Waals surface area (Å²) in [4.78, 5) is 28.0. The van der Waals surface area contributed by atoms with Crippen LogP contribution in [0.1, 0.15) is 56.3 Å². The lowest BCUT2D eigenvalue weighted by Gasteiger charge is -2.52. The monoisotopic (exact) mass is 437 g/mol. The Labute approximate surface area is 190 Å². The van der Waals surface area contributed by atoms with Crippen LogP contribution in [0.15, 0.2) is 42.0 Å². The average Bonchev–Trinajstić information content (AvgIpc) is 3.11. The molecular formula is C27H35NO4. The normalized spacial score (nSPS) is 37.9. The molecule has 2 heterocycles. The smallest absolute Gasteiger partial charge is 0.311 e. The Bertz CT molecular complexity index is 903. The van der Waals surface area contributed by atoms with Gasteiger partial charge < -0.3 is 14.7 Å². The first-order valence-electron chi connectivity index (χ1n) is 12.3. The molecule has 5 heteroatoms. The predicted molar refractivity (Wildman–Crippen MR) is 122 cm³/mol. The SMILES string of the molecule is C[C@@H]1CCC=C2C[C@H]3OC(=O)C(CN4CCC(C(=O)c5ccccc5)CC4)[C@H]3[C@H](O)[C@@]21C. The van der Waals surface area contributed by atoms with Gasteiger partial charge in [-0.2, -0.15) is 0 Å². The number of piperidine rings is 1. The molecule has 2 aliphatic carbocycles. The van der Waals surface area contributed by atoms with Crippen LogP contribution >= 0.6 is 0 Å². The highest BCUT2D eigenvalue weighted by molar-refractivity contribution is 5.97. The van der Waals surface area contributed by atoms with E-state index >= 15 is 0 Å². The molecule has 1 unspecified atom stereocenters. The molecule has 5 rings (SSSR count). The number of aliphatic hydroxyl groups excluding tert-OH is 1. The van der Waals surface area contributed by atoms with Crippen molar-refractivity contribution in [2.24, 2.45) is 29.1 Å². The first kappa shape index (κ1) is 21.8. The number of ether oxygens (including phenoxy) is 1. The standard InChI is InChI=1S/C27H35NO4/c1-17-7-6-10-20-15-22-23(25(30)27(17,20)2)21(26(31)32-22)16-28-13-11-19(12-14-28)24(29)18-8-4-3-5-9-18/h3-5,8-10,17,19,21-23,25,30H,6-7,11-16H2,1-2H3/t17-,21?,22-,23-,25+,27-/m1/s1. The van der Waals surface area contributed by atoms with Crippen LogP contribution in [-0.2, 0) is 9.53 Å². The number of esters is 1. The van der Waals surface area contributed by atoms with E-state index in [0.29, 0.717) is 12.5 Å². The number of nitrogens with zero attached hydrogens (tertiary/aromatic N) is 1. The van der Waals surface area contributed by atoms with Gasteiger partial charge in [0.15, 0.2) is 5.78 Å². The molecule has 0 bridgehead atoms. The van der Waals surface area contributed by atoms with E-state index < -0.39 is 6.10 Å². The Kier molecular flexibility index (Phi) is 5.75. The number of rotatable bonds is 4. The molecule has 172 valence electrons. The van der Waals surface area contributed by atoms with Gasteiger partial charge in [0.25, 0.3) is 0 Å². The van der Waals surface area contributed by atoms with Crippen molar-refractivity contribution in [2.75, 3.05) is 19.6 Å². The molecule has 6 atom stereocenters. The molecule has 4 aliphatic rings. The zero-order chi connectivity index (χ0) is 22.5. The van der Waals surface area contributed by atoms with Crippen LogP contribution in [0.3, 0.4) is 0 Å². The third-order valence-corrected chi connectivity index (χ3v) is 9.04. The topological polar surface area (TPSA) is 66.8 Å². The number of benzene rings is 1. The van der Waals surface area contributed by atoms with Crippen molar-refractivity contribution in [3.05, 3.63) is 47.5 Å². The lowest BCUT2D eigenvalue weighted by molar-refractivity contribution is -0.145. The van der Waals surface area contributed by atoms with Crippen molar-refractivity contribution in [2.45, 2.75) is 58.2 Å². The number of ketones is 1. The molecule has 2 saturated heterocycles. The summed E-state index contributed by atoms with van der Waals surface area (Å²) in [6, 6.07) is 9.54.